The summed E-state index contributed by atoms with van der Waals surface area (Å²) < 4.78 is 14.2. The van der Waals surface area contributed by atoms with Crippen molar-refractivity contribution in [3.05, 3.63) is 89.3 Å². The summed E-state index contributed by atoms with van der Waals surface area (Å²) in [5.74, 6) is -0.341. The minimum atomic E-state index is -0.248. The van der Waals surface area contributed by atoms with Gasteiger partial charge in [0.15, 0.2) is 0 Å². The van der Waals surface area contributed by atoms with E-state index in [9.17, 15) is 9.18 Å². The SMILES string of the molecule is O=C(c1cc(-c2ccccn2)nc2c(Cl)cccc12)N1CCN(c2ccccc2F)CC1. The van der Waals surface area contributed by atoms with Crippen molar-refractivity contribution in [1.82, 2.24) is 14.9 Å². The van der Waals surface area contributed by atoms with Crippen LogP contribution in [0.25, 0.3) is 22.3 Å². The molecule has 32 heavy (non-hydrogen) atoms. The summed E-state index contributed by atoms with van der Waals surface area (Å²) in [7, 11) is 0. The molecule has 5 nitrogen and oxygen atoms in total. The van der Waals surface area contributed by atoms with E-state index in [0.717, 1.165) is 0 Å². The molecular weight excluding hydrogens is 427 g/mol. The Morgan fingerprint density at radius 1 is 0.906 bits per heavy atom. The number of nitrogens with zero attached hydrogens (tertiary/aromatic N) is 4. The Morgan fingerprint density at radius 2 is 1.69 bits per heavy atom. The summed E-state index contributed by atoms with van der Waals surface area (Å²) in [4.78, 5) is 26.4. The first-order valence-corrected chi connectivity index (χ1v) is 10.8. The van der Waals surface area contributed by atoms with Crippen LogP contribution in [-0.4, -0.2) is 47.0 Å². The molecule has 0 spiro atoms. The van der Waals surface area contributed by atoms with Crippen LogP contribution in [0.5, 0.6) is 0 Å². The standard InChI is InChI=1S/C25H20ClFN4O/c26-19-7-5-6-17-18(16-22(29-24(17)19)21-9-3-4-11-28-21)25(32)31-14-12-30(13-15-31)23-10-2-1-8-20(23)27/h1-11,16H,12-15H2. The topological polar surface area (TPSA) is 49.3 Å². The van der Waals surface area contributed by atoms with Gasteiger partial charge in [-0.2, -0.15) is 0 Å². The third-order valence-corrected chi connectivity index (χ3v) is 6.01. The summed E-state index contributed by atoms with van der Waals surface area (Å²) in [6, 6.07) is 19.5. The van der Waals surface area contributed by atoms with Gasteiger partial charge >= 0.3 is 0 Å². The molecule has 2 aromatic carbocycles. The van der Waals surface area contributed by atoms with Gasteiger partial charge < -0.3 is 9.80 Å². The van der Waals surface area contributed by atoms with E-state index in [1.54, 1.807) is 35.4 Å². The molecule has 4 aromatic rings. The summed E-state index contributed by atoms with van der Waals surface area (Å²) in [6.45, 7) is 2.11. The molecule has 7 heteroatoms. The Bertz CT molecular complexity index is 1290. The molecule has 2 aromatic heterocycles. The predicted molar refractivity (Wildman–Crippen MR) is 125 cm³/mol. The summed E-state index contributed by atoms with van der Waals surface area (Å²) in [6.07, 6.45) is 1.69. The molecule has 0 aliphatic carbocycles. The lowest BCUT2D eigenvalue weighted by molar-refractivity contribution is 0.0748. The lowest BCUT2D eigenvalue weighted by Gasteiger charge is -2.36. The van der Waals surface area contributed by atoms with Crippen LogP contribution in [0.3, 0.4) is 0 Å². The number of anilines is 1. The van der Waals surface area contributed by atoms with E-state index < -0.39 is 0 Å². The molecule has 5 rings (SSSR count). The number of halogens is 2. The van der Waals surface area contributed by atoms with Crippen LogP contribution < -0.4 is 4.90 Å². The van der Waals surface area contributed by atoms with Crippen molar-refractivity contribution in [1.29, 1.82) is 0 Å². The van der Waals surface area contributed by atoms with Gasteiger partial charge in [-0.3, -0.25) is 9.78 Å². The fraction of sp³-hybridized carbons (Fsp3) is 0.160. The van der Waals surface area contributed by atoms with Gasteiger partial charge in [0.05, 0.1) is 33.2 Å². The highest BCUT2D eigenvalue weighted by molar-refractivity contribution is 6.35. The Labute approximate surface area is 190 Å². The van der Waals surface area contributed by atoms with Gasteiger partial charge in [0, 0.05) is 37.8 Å². The van der Waals surface area contributed by atoms with Crippen LogP contribution in [0.2, 0.25) is 5.02 Å². The number of fused-ring (bicyclic) bond motifs is 1. The highest BCUT2D eigenvalue weighted by Crippen LogP contribution is 2.30. The predicted octanol–water partition coefficient (Wildman–Crippen LogP) is 5.05. The maximum absolute atomic E-state index is 14.2. The maximum Gasteiger partial charge on any atom is 0.254 e. The molecule has 160 valence electrons. The van der Waals surface area contributed by atoms with Crippen molar-refractivity contribution >= 4 is 34.1 Å². The third-order valence-electron chi connectivity index (χ3n) is 5.71. The van der Waals surface area contributed by atoms with Gasteiger partial charge in [0.25, 0.3) is 5.91 Å². The molecule has 1 aliphatic rings. The lowest BCUT2D eigenvalue weighted by Crippen LogP contribution is -2.49. The van der Waals surface area contributed by atoms with Crippen LogP contribution in [0, 0.1) is 5.82 Å². The van der Waals surface area contributed by atoms with Crippen LogP contribution in [0.15, 0.2) is 72.9 Å². The number of hydrogen-bond donors (Lipinski definition) is 0. The van der Waals surface area contributed by atoms with E-state index in [-0.39, 0.29) is 11.7 Å². The van der Waals surface area contributed by atoms with Gasteiger partial charge in [0.1, 0.15) is 5.82 Å². The number of benzene rings is 2. The monoisotopic (exact) mass is 446 g/mol. The quantitative estimate of drug-likeness (QED) is 0.442. The third kappa shape index (κ3) is 3.78. The van der Waals surface area contributed by atoms with Crippen molar-refractivity contribution in [2.24, 2.45) is 0 Å². The second kappa shape index (κ2) is 8.55. The van der Waals surface area contributed by atoms with Crippen LogP contribution in [0.4, 0.5) is 10.1 Å². The number of rotatable bonds is 3. The van der Waals surface area contributed by atoms with Crippen molar-refractivity contribution in [3.8, 4) is 11.4 Å². The number of para-hydroxylation sites is 2. The number of carbonyl (C=O) groups is 1. The molecule has 3 heterocycles. The Kier molecular flexibility index (Phi) is 5.45. The zero-order valence-corrected chi connectivity index (χ0v) is 18.0. The number of carbonyl (C=O) groups excluding carboxylic acids is 1. The second-order valence-electron chi connectivity index (χ2n) is 7.64. The molecule has 0 bridgehead atoms. The van der Waals surface area contributed by atoms with E-state index >= 15 is 0 Å². The van der Waals surface area contributed by atoms with Crippen LogP contribution in [-0.2, 0) is 0 Å². The molecule has 0 unspecified atom stereocenters. The van der Waals surface area contributed by atoms with Gasteiger partial charge in [-0.25, -0.2) is 9.37 Å². The first-order chi connectivity index (χ1) is 15.6. The van der Waals surface area contributed by atoms with Crippen LogP contribution >= 0.6 is 11.6 Å². The van der Waals surface area contributed by atoms with Crippen LogP contribution in [0.1, 0.15) is 10.4 Å². The van der Waals surface area contributed by atoms with Gasteiger partial charge in [-0.1, -0.05) is 41.9 Å². The van der Waals surface area contributed by atoms with Gasteiger partial charge in [-0.05, 0) is 36.4 Å². The molecule has 0 atom stereocenters. The van der Waals surface area contributed by atoms with E-state index in [2.05, 4.69) is 9.97 Å². The number of amides is 1. The molecule has 0 radical (unpaired) electrons. The Balaban J connectivity index is 1.47. The zero-order valence-electron chi connectivity index (χ0n) is 17.2. The largest absolute Gasteiger partial charge is 0.366 e. The van der Waals surface area contributed by atoms with Gasteiger partial charge in [-0.15, -0.1) is 0 Å². The Morgan fingerprint density at radius 3 is 2.44 bits per heavy atom. The minimum absolute atomic E-state index is 0.0926. The normalized spacial score (nSPS) is 14.1. The van der Waals surface area contributed by atoms with E-state index in [1.165, 1.54) is 6.07 Å². The van der Waals surface area contributed by atoms with E-state index in [4.69, 9.17) is 11.6 Å². The minimum Gasteiger partial charge on any atom is -0.366 e. The lowest BCUT2D eigenvalue weighted by atomic mass is 10.0. The van der Waals surface area contributed by atoms with Crippen molar-refractivity contribution in [3.63, 3.8) is 0 Å². The molecule has 1 saturated heterocycles. The molecule has 1 fully saturated rings. The molecular formula is C25H20ClFN4O. The highest BCUT2D eigenvalue weighted by Gasteiger charge is 2.26. The van der Waals surface area contributed by atoms with Crippen molar-refractivity contribution in [2.75, 3.05) is 31.1 Å². The number of piperazine rings is 1. The van der Waals surface area contributed by atoms with Crippen molar-refractivity contribution in [2.45, 2.75) is 0 Å². The number of hydrogen-bond acceptors (Lipinski definition) is 4. The summed E-state index contributed by atoms with van der Waals surface area (Å²) in [5.41, 5.74) is 2.95. The summed E-state index contributed by atoms with van der Waals surface area (Å²) in [5, 5.41) is 1.19. The Hall–Kier alpha value is -3.51. The first-order valence-electron chi connectivity index (χ1n) is 10.4. The summed E-state index contributed by atoms with van der Waals surface area (Å²) >= 11 is 6.43. The smallest absolute Gasteiger partial charge is 0.254 e. The van der Waals surface area contributed by atoms with Crippen molar-refractivity contribution < 1.29 is 9.18 Å². The second-order valence-corrected chi connectivity index (χ2v) is 8.04. The molecule has 0 saturated carbocycles. The maximum atomic E-state index is 14.2. The van der Waals surface area contributed by atoms with Gasteiger partial charge in [0.2, 0.25) is 0 Å². The first kappa shape index (κ1) is 20.4. The molecule has 0 N–H and O–H groups in total. The average molecular weight is 447 g/mol. The number of pyridine rings is 2. The van der Waals surface area contributed by atoms with E-state index in [0.29, 0.717) is 64.7 Å². The highest BCUT2D eigenvalue weighted by atomic mass is 35.5. The van der Waals surface area contributed by atoms with E-state index in [1.807, 2.05) is 41.3 Å². The number of aromatic nitrogens is 2. The fourth-order valence-electron chi connectivity index (χ4n) is 4.06. The fourth-order valence-corrected chi connectivity index (χ4v) is 4.28. The average Bonchev–Trinajstić information content (AvgIpc) is 2.84. The zero-order chi connectivity index (χ0) is 22.1. The molecule has 1 aliphatic heterocycles. The molecule has 1 amide bonds.